The van der Waals surface area contributed by atoms with Crippen molar-refractivity contribution in [2.24, 2.45) is 0 Å². The summed E-state index contributed by atoms with van der Waals surface area (Å²) in [4.78, 5) is 30.0. The second-order valence-electron chi connectivity index (χ2n) is 4.28. The summed E-state index contributed by atoms with van der Waals surface area (Å²) in [6, 6.07) is 10.5. The van der Waals surface area contributed by atoms with Gasteiger partial charge in [-0.1, -0.05) is 44.0 Å². The fourth-order valence-electron chi connectivity index (χ4n) is 1.54. The molecule has 2 aromatic heterocycles. The number of carbonyl (C=O) groups is 2. The second-order valence-corrected chi connectivity index (χ2v) is 5.40. The topological polar surface area (TPSA) is 78.4 Å². The number of aromatic nitrogens is 2. The molecular formula is C16H16Br2N2O4. The highest BCUT2D eigenvalue weighted by molar-refractivity contribution is 9.08. The molecule has 24 heavy (non-hydrogen) atoms. The number of halogens is 2. The normalized spacial score (nSPS) is 9.50. The number of hydrogen-bond donors (Lipinski definition) is 0. The first kappa shape index (κ1) is 20.2. The average Bonchev–Trinajstić information content (AvgIpc) is 2.67. The van der Waals surface area contributed by atoms with Crippen LogP contribution >= 0.6 is 31.9 Å². The Bertz CT molecular complexity index is 636. The number of pyridine rings is 2. The molecule has 0 atom stereocenters. The molecule has 0 fully saturated rings. The van der Waals surface area contributed by atoms with Gasteiger partial charge in [0.1, 0.15) is 11.4 Å². The number of hydrogen-bond acceptors (Lipinski definition) is 6. The Balaban J connectivity index is 0.000000240. The summed E-state index contributed by atoms with van der Waals surface area (Å²) in [5, 5.41) is 1.27. The Morgan fingerprint density at radius 2 is 1.21 bits per heavy atom. The lowest BCUT2D eigenvalue weighted by Crippen LogP contribution is -2.04. The van der Waals surface area contributed by atoms with Crippen LogP contribution in [0.3, 0.4) is 0 Å². The summed E-state index contributed by atoms with van der Waals surface area (Å²) in [7, 11) is 2.68. The first-order valence-corrected chi connectivity index (χ1v) is 9.00. The molecule has 0 amide bonds. The van der Waals surface area contributed by atoms with E-state index in [-0.39, 0.29) is 0 Å². The summed E-state index contributed by atoms with van der Waals surface area (Å²) >= 11 is 6.50. The Hall–Kier alpha value is -1.80. The highest BCUT2D eigenvalue weighted by Crippen LogP contribution is 2.05. The minimum absolute atomic E-state index is 0.342. The molecule has 0 spiro atoms. The van der Waals surface area contributed by atoms with E-state index in [2.05, 4.69) is 51.3 Å². The summed E-state index contributed by atoms with van der Waals surface area (Å²) in [6.07, 6.45) is 0. The maximum atomic E-state index is 11.0. The van der Waals surface area contributed by atoms with Crippen LogP contribution in [0, 0.1) is 0 Å². The predicted octanol–water partition coefficient (Wildman–Crippen LogP) is 3.53. The van der Waals surface area contributed by atoms with Gasteiger partial charge in [-0.05, 0) is 24.3 Å². The molecule has 2 heterocycles. The zero-order chi connectivity index (χ0) is 17.9. The highest BCUT2D eigenvalue weighted by atomic mass is 79.9. The van der Waals surface area contributed by atoms with E-state index in [1.54, 1.807) is 24.3 Å². The first-order chi connectivity index (χ1) is 11.5. The van der Waals surface area contributed by atoms with Crippen molar-refractivity contribution in [2.75, 3.05) is 14.2 Å². The number of esters is 2. The SMILES string of the molecule is COC(=O)c1cccc(CBr)n1.COC(=O)c1cccc(CBr)n1. The zero-order valence-electron chi connectivity index (χ0n) is 13.2. The van der Waals surface area contributed by atoms with Crippen molar-refractivity contribution in [1.82, 2.24) is 9.97 Å². The molecule has 0 aliphatic rings. The van der Waals surface area contributed by atoms with Crippen molar-refractivity contribution in [3.63, 3.8) is 0 Å². The summed E-state index contributed by atoms with van der Waals surface area (Å²) in [5.41, 5.74) is 2.32. The number of carbonyl (C=O) groups excluding carboxylic acids is 2. The van der Waals surface area contributed by atoms with Gasteiger partial charge in [0.15, 0.2) is 0 Å². The smallest absolute Gasteiger partial charge is 0.356 e. The molecule has 0 aromatic carbocycles. The fourth-order valence-corrected chi connectivity index (χ4v) is 2.17. The van der Waals surface area contributed by atoms with Crippen LogP contribution in [-0.2, 0) is 20.1 Å². The van der Waals surface area contributed by atoms with E-state index in [9.17, 15) is 9.59 Å². The Kier molecular flexibility index (Phi) is 9.18. The van der Waals surface area contributed by atoms with Crippen LogP contribution in [0.15, 0.2) is 36.4 Å². The van der Waals surface area contributed by atoms with Crippen LogP contribution in [0.5, 0.6) is 0 Å². The molecule has 0 saturated carbocycles. The van der Waals surface area contributed by atoms with E-state index < -0.39 is 11.9 Å². The fraction of sp³-hybridized carbons (Fsp3) is 0.250. The monoisotopic (exact) mass is 458 g/mol. The van der Waals surface area contributed by atoms with Crippen LogP contribution in [-0.4, -0.2) is 36.1 Å². The first-order valence-electron chi connectivity index (χ1n) is 6.76. The number of rotatable bonds is 4. The van der Waals surface area contributed by atoms with E-state index in [4.69, 9.17) is 0 Å². The largest absolute Gasteiger partial charge is 0.464 e. The minimum Gasteiger partial charge on any atom is -0.464 e. The highest BCUT2D eigenvalue weighted by Gasteiger charge is 2.06. The maximum absolute atomic E-state index is 11.0. The van der Waals surface area contributed by atoms with Crippen molar-refractivity contribution < 1.29 is 19.1 Å². The van der Waals surface area contributed by atoms with Crippen LogP contribution in [0.1, 0.15) is 32.4 Å². The van der Waals surface area contributed by atoms with Gasteiger partial charge in [-0.25, -0.2) is 19.6 Å². The number of methoxy groups -OCH3 is 2. The van der Waals surface area contributed by atoms with Crippen molar-refractivity contribution >= 4 is 43.8 Å². The standard InChI is InChI=1S/2C8H8BrNO2/c2*1-12-8(11)7-4-2-3-6(5-9)10-7/h2*2-4H,5H2,1H3. The predicted molar refractivity (Wildman–Crippen MR) is 96.4 cm³/mol. The second kappa shape index (κ2) is 10.9. The van der Waals surface area contributed by atoms with Gasteiger partial charge >= 0.3 is 11.9 Å². The van der Waals surface area contributed by atoms with Gasteiger partial charge in [0.25, 0.3) is 0 Å². The summed E-state index contributed by atoms with van der Waals surface area (Å²) in [6.45, 7) is 0. The molecule has 0 bridgehead atoms. The van der Waals surface area contributed by atoms with E-state index in [1.165, 1.54) is 14.2 Å². The lowest BCUT2D eigenvalue weighted by Gasteiger charge is -1.99. The van der Waals surface area contributed by atoms with Gasteiger partial charge < -0.3 is 9.47 Å². The van der Waals surface area contributed by atoms with E-state index >= 15 is 0 Å². The van der Waals surface area contributed by atoms with Gasteiger partial charge in [0.2, 0.25) is 0 Å². The summed E-state index contributed by atoms with van der Waals surface area (Å²) < 4.78 is 9.04. The third kappa shape index (κ3) is 6.37. The minimum atomic E-state index is -0.405. The van der Waals surface area contributed by atoms with Crippen molar-refractivity contribution in [2.45, 2.75) is 10.7 Å². The Morgan fingerprint density at radius 1 is 0.833 bits per heavy atom. The third-order valence-electron chi connectivity index (χ3n) is 2.68. The molecule has 8 heteroatoms. The van der Waals surface area contributed by atoms with Gasteiger partial charge in [-0.15, -0.1) is 0 Å². The summed E-state index contributed by atoms with van der Waals surface area (Å²) in [5.74, 6) is -0.810. The molecule has 0 aliphatic carbocycles. The number of nitrogens with zero attached hydrogens (tertiary/aromatic N) is 2. The van der Waals surface area contributed by atoms with Crippen LogP contribution in [0.4, 0.5) is 0 Å². The molecular weight excluding hydrogens is 444 g/mol. The van der Waals surface area contributed by atoms with Crippen LogP contribution < -0.4 is 0 Å². The Morgan fingerprint density at radius 3 is 1.50 bits per heavy atom. The van der Waals surface area contributed by atoms with Gasteiger partial charge in [0, 0.05) is 10.7 Å². The number of alkyl halides is 2. The lowest BCUT2D eigenvalue weighted by atomic mass is 10.3. The molecule has 0 radical (unpaired) electrons. The van der Waals surface area contributed by atoms with E-state index in [0.29, 0.717) is 22.0 Å². The molecule has 2 rings (SSSR count). The molecule has 0 aliphatic heterocycles. The van der Waals surface area contributed by atoms with Crippen LogP contribution in [0.2, 0.25) is 0 Å². The third-order valence-corrected chi connectivity index (χ3v) is 3.83. The van der Waals surface area contributed by atoms with Crippen molar-refractivity contribution in [3.05, 3.63) is 59.2 Å². The lowest BCUT2D eigenvalue weighted by molar-refractivity contribution is 0.0585. The molecule has 2 aromatic rings. The average molecular weight is 460 g/mol. The van der Waals surface area contributed by atoms with E-state index in [0.717, 1.165) is 11.4 Å². The molecule has 0 unspecified atom stereocenters. The van der Waals surface area contributed by atoms with Crippen LogP contribution in [0.25, 0.3) is 0 Å². The van der Waals surface area contributed by atoms with Crippen molar-refractivity contribution in [3.8, 4) is 0 Å². The maximum Gasteiger partial charge on any atom is 0.356 e. The van der Waals surface area contributed by atoms with E-state index in [1.807, 2.05) is 12.1 Å². The van der Waals surface area contributed by atoms with Gasteiger partial charge in [-0.3, -0.25) is 0 Å². The quantitative estimate of drug-likeness (QED) is 0.514. The molecule has 0 N–H and O–H groups in total. The van der Waals surface area contributed by atoms with Gasteiger partial charge in [-0.2, -0.15) is 0 Å². The number of ether oxygens (including phenoxy) is 2. The van der Waals surface area contributed by atoms with Crippen molar-refractivity contribution in [1.29, 1.82) is 0 Å². The molecule has 6 nitrogen and oxygen atoms in total. The Labute approximate surface area is 156 Å². The molecule has 0 saturated heterocycles. The van der Waals surface area contributed by atoms with Gasteiger partial charge in [0.05, 0.1) is 25.6 Å². The zero-order valence-corrected chi connectivity index (χ0v) is 16.3. The molecule has 128 valence electrons.